The zero-order chi connectivity index (χ0) is 12.8. The van der Waals surface area contributed by atoms with Gasteiger partial charge in [0.25, 0.3) is 0 Å². The van der Waals surface area contributed by atoms with Gasteiger partial charge >= 0.3 is 5.27 Å². The zero-order valence-electron chi connectivity index (χ0n) is 10.8. The Morgan fingerprint density at radius 2 is 1.94 bits per heavy atom. The SMILES string of the molecule is CCCCC1CSB(c2ccc(C#N)cc2)SC1. The molecule has 1 aliphatic heterocycles. The molecule has 18 heavy (non-hydrogen) atoms. The molecule has 1 aliphatic rings. The van der Waals surface area contributed by atoms with Crippen molar-refractivity contribution in [3.05, 3.63) is 29.8 Å². The minimum Gasteiger partial charge on any atom is -0.192 e. The lowest BCUT2D eigenvalue weighted by molar-refractivity contribution is 0.566. The topological polar surface area (TPSA) is 23.8 Å². The van der Waals surface area contributed by atoms with Crippen LogP contribution in [0.4, 0.5) is 0 Å². The predicted octanol–water partition coefficient (Wildman–Crippen LogP) is 3.54. The zero-order valence-corrected chi connectivity index (χ0v) is 12.4. The summed E-state index contributed by atoms with van der Waals surface area (Å²) in [5.74, 6) is 3.48. The van der Waals surface area contributed by atoms with Gasteiger partial charge in [-0.15, -0.1) is 0 Å². The summed E-state index contributed by atoms with van der Waals surface area (Å²) >= 11 is 4.14. The first-order valence-electron chi connectivity index (χ1n) is 6.56. The van der Waals surface area contributed by atoms with Crippen LogP contribution in [0.2, 0.25) is 0 Å². The molecule has 0 unspecified atom stereocenters. The highest BCUT2D eigenvalue weighted by molar-refractivity contribution is 8.56. The maximum Gasteiger partial charge on any atom is 0.307 e. The molecule has 0 N–H and O–H groups in total. The van der Waals surface area contributed by atoms with Crippen molar-refractivity contribution >= 4 is 34.0 Å². The molecular weight excluding hydrogens is 257 g/mol. The van der Waals surface area contributed by atoms with Gasteiger partial charge in [-0.2, -0.15) is 28.5 Å². The Hall–Kier alpha value is -0.525. The van der Waals surface area contributed by atoms with Gasteiger partial charge in [0.15, 0.2) is 0 Å². The molecule has 0 saturated carbocycles. The third-order valence-electron chi connectivity index (χ3n) is 3.24. The van der Waals surface area contributed by atoms with E-state index in [-0.39, 0.29) is 0 Å². The minimum atomic E-state index is 0.565. The number of unbranched alkanes of at least 4 members (excludes halogenated alkanes) is 1. The number of hydrogen-bond donors (Lipinski definition) is 0. The second-order valence-corrected chi connectivity index (χ2v) is 7.32. The van der Waals surface area contributed by atoms with E-state index in [9.17, 15) is 0 Å². The van der Waals surface area contributed by atoms with Gasteiger partial charge in [-0.05, 0) is 36.0 Å². The molecule has 0 aromatic heterocycles. The van der Waals surface area contributed by atoms with Crippen molar-refractivity contribution in [1.82, 2.24) is 0 Å². The Balaban J connectivity index is 1.87. The Labute approximate surface area is 119 Å². The summed E-state index contributed by atoms with van der Waals surface area (Å²) < 4.78 is 0. The highest BCUT2D eigenvalue weighted by Crippen LogP contribution is 2.32. The van der Waals surface area contributed by atoms with E-state index in [1.807, 2.05) is 12.1 Å². The van der Waals surface area contributed by atoms with E-state index in [4.69, 9.17) is 5.26 Å². The van der Waals surface area contributed by atoms with Gasteiger partial charge in [-0.25, -0.2) is 0 Å². The van der Waals surface area contributed by atoms with Crippen LogP contribution >= 0.6 is 23.2 Å². The van der Waals surface area contributed by atoms with Crippen molar-refractivity contribution < 1.29 is 0 Å². The van der Waals surface area contributed by atoms with E-state index in [2.05, 4.69) is 48.4 Å². The smallest absolute Gasteiger partial charge is 0.192 e. The fraction of sp³-hybridized carbons (Fsp3) is 0.500. The van der Waals surface area contributed by atoms with Crippen molar-refractivity contribution in [1.29, 1.82) is 5.26 Å². The highest BCUT2D eigenvalue weighted by Gasteiger charge is 2.26. The number of benzene rings is 1. The third kappa shape index (κ3) is 3.73. The van der Waals surface area contributed by atoms with Crippen LogP contribution in [0.3, 0.4) is 0 Å². The van der Waals surface area contributed by atoms with E-state index in [0.29, 0.717) is 5.27 Å². The molecule has 2 rings (SSSR count). The summed E-state index contributed by atoms with van der Waals surface area (Å²) in [6, 6.07) is 10.2. The van der Waals surface area contributed by atoms with Crippen molar-refractivity contribution in [2.24, 2.45) is 5.92 Å². The first-order chi connectivity index (χ1) is 8.83. The van der Waals surface area contributed by atoms with Gasteiger partial charge in [0, 0.05) is 0 Å². The quantitative estimate of drug-likeness (QED) is 0.785. The fourth-order valence-corrected chi connectivity index (χ4v) is 5.28. The second-order valence-electron chi connectivity index (χ2n) is 4.74. The Morgan fingerprint density at radius 3 is 2.50 bits per heavy atom. The lowest BCUT2D eigenvalue weighted by atomic mass is 9.91. The Morgan fingerprint density at radius 1 is 1.28 bits per heavy atom. The molecule has 1 aromatic carbocycles. The van der Waals surface area contributed by atoms with E-state index in [1.165, 1.54) is 36.2 Å². The first-order valence-corrected chi connectivity index (χ1v) is 8.66. The Kier molecular flexibility index (Phi) is 5.53. The van der Waals surface area contributed by atoms with Crippen LogP contribution in [-0.4, -0.2) is 16.8 Å². The number of nitrogens with zero attached hydrogens (tertiary/aromatic N) is 1. The summed E-state index contributed by atoms with van der Waals surface area (Å²) in [4.78, 5) is 0. The van der Waals surface area contributed by atoms with E-state index >= 15 is 0 Å². The summed E-state index contributed by atoms with van der Waals surface area (Å²) in [5.41, 5.74) is 2.11. The van der Waals surface area contributed by atoms with E-state index < -0.39 is 0 Å². The normalized spacial score (nSPS) is 16.6. The number of nitriles is 1. The number of hydrogen-bond acceptors (Lipinski definition) is 3. The Bertz CT molecular complexity index is 405. The molecule has 0 spiro atoms. The fourth-order valence-electron chi connectivity index (χ4n) is 2.11. The van der Waals surface area contributed by atoms with Crippen LogP contribution in [0.1, 0.15) is 31.7 Å². The van der Waals surface area contributed by atoms with Crippen LogP contribution in [-0.2, 0) is 0 Å². The molecule has 1 nitrogen and oxygen atoms in total. The van der Waals surface area contributed by atoms with Crippen molar-refractivity contribution in [2.45, 2.75) is 26.2 Å². The van der Waals surface area contributed by atoms with Gasteiger partial charge in [0.2, 0.25) is 0 Å². The molecule has 1 fully saturated rings. The van der Waals surface area contributed by atoms with Crippen molar-refractivity contribution in [3.63, 3.8) is 0 Å². The van der Waals surface area contributed by atoms with Gasteiger partial charge in [0.05, 0.1) is 11.6 Å². The van der Waals surface area contributed by atoms with Gasteiger partial charge in [-0.3, -0.25) is 0 Å². The summed E-state index contributed by atoms with van der Waals surface area (Å²) in [6.07, 6.45) is 4.06. The van der Waals surface area contributed by atoms with Gasteiger partial charge in [-0.1, -0.05) is 37.4 Å². The molecule has 1 saturated heterocycles. The average Bonchev–Trinajstić information content (AvgIpc) is 2.46. The number of rotatable bonds is 4. The maximum absolute atomic E-state index is 8.80. The van der Waals surface area contributed by atoms with Gasteiger partial charge < -0.3 is 0 Å². The third-order valence-corrected chi connectivity index (χ3v) is 6.54. The molecular formula is C14H18BNS2. The van der Waals surface area contributed by atoms with Crippen LogP contribution in [0.15, 0.2) is 24.3 Å². The highest BCUT2D eigenvalue weighted by atomic mass is 32.2. The molecule has 0 radical (unpaired) electrons. The summed E-state index contributed by atoms with van der Waals surface area (Å²) in [6.45, 7) is 2.27. The van der Waals surface area contributed by atoms with Crippen molar-refractivity contribution in [2.75, 3.05) is 11.5 Å². The average molecular weight is 275 g/mol. The molecule has 1 heterocycles. The summed E-state index contributed by atoms with van der Waals surface area (Å²) in [5, 5.41) is 9.36. The van der Waals surface area contributed by atoms with E-state index in [1.54, 1.807) is 0 Å². The van der Waals surface area contributed by atoms with Crippen molar-refractivity contribution in [3.8, 4) is 6.07 Å². The predicted molar refractivity (Wildman–Crippen MR) is 84.5 cm³/mol. The van der Waals surface area contributed by atoms with Crippen LogP contribution in [0.5, 0.6) is 0 Å². The first kappa shape index (κ1) is 13.9. The summed E-state index contributed by atoms with van der Waals surface area (Å²) in [7, 11) is 0. The van der Waals surface area contributed by atoms with Crippen LogP contribution in [0, 0.1) is 17.2 Å². The molecule has 0 amide bonds. The molecule has 4 heteroatoms. The molecule has 0 aliphatic carbocycles. The molecule has 1 aromatic rings. The standard InChI is InChI=1S/C14H18BNS2/c1-2-3-4-13-10-17-15(18-11-13)14-7-5-12(9-16)6-8-14/h5-8,13H,2-4,10-11H2,1H3. The second kappa shape index (κ2) is 7.16. The molecule has 94 valence electrons. The van der Waals surface area contributed by atoms with Gasteiger partial charge in [0.1, 0.15) is 0 Å². The monoisotopic (exact) mass is 275 g/mol. The molecule has 0 atom stereocenters. The minimum absolute atomic E-state index is 0.565. The maximum atomic E-state index is 8.80. The lowest BCUT2D eigenvalue weighted by Crippen LogP contribution is -2.30. The molecule has 0 bridgehead atoms. The van der Waals surface area contributed by atoms with Crippen LogP contribution < -0.4 is 5.46 Å². The van der Waals surface area contributed by atoms with Crippen LogP contribution in [0.25, 0.3) is 0 Å². The largest absolute Gasteiger partial charge is 0.307 e. The van der Waals surface area contributed by atoms with E-state index in [0.717, 1.165) is 11.5 Å². The lowest BCUT2D eigenvalue weighted by Gasteiger charge is -2.26.